The predicted molar refractivity (Wildman–Crippen MR) is 90.9 cm³/mol. The summed E-state index contributed by atoms with van der Waals surface area (Å²) < 4.78 is 0. The van der Waals surface area contributed by atoms with Gasteiger partial charge in [-0.2, -0.15) is 0 Å². The van der Waals surface area contributed by atoms with Crippen LogP contribution in [0.3, 0.4) is 0 Å². The molecule has 0 bridgehead atoms. The van der Waals surface area contributed by atoms with Crippen molar-refractivity contribution >= 4 is 5.78 Å². The summed E-state index contributed by atoms with van der Waals surface area (Å²) in [6.45, 7) is 8.85. The lowest BCUT2D eigenvalue weighted by Gasteiger charge is -2.62. The van der Waals surface area contributed by atoms with Crippen molar-refractivity contribution in [2.24, 2.45) is 28.1 Å². The van der Waals surface area contributed by atoms with Crippen molar-refractivity contribution in [2.75, 3.05) is 6.61 Å². The molecule has 3 aliphatic carbocycles. The quantitative estimate of drug-likeness (QED) is 0.819. The van der Waals surface area contributed by atoms with E-state index < -0.39 is 6.10 Å². The van der Waals surface area contributed by atoms with Crippen LogP contribution in [0.5, 0.6) is 0 Å². The first kappa shape index (κ1) is 17.2. The van der Waals surface area contributed by atoms with E-state index in [9.17, 15) is 15.0 Å². The van der Waals surface area contributed by atoms with Gasteiger partial charge in [-0.05, 0) is 73.2 Å². The zero-order valence-electron chi connectivity index (χ0n) is 15.1. The van der Waals surface area contributed by atoms with Crippen molar-refractivity contribution in [3.63, 3.8) is 0 Å². The fraction of sp³-hybridized carbons (Fsp3) is 0.850. The second-order valence-corrected chi connectivity index (χ2v) is 9.27. The summed E-state index contributed by atoms with van der Waals surface area (Å²) >= 11 is 0. The van der Waals surface area contributed by atoms with Crippen LogP contribution in [-0.2, 0) is 4.79 Å². The fourth-order valence-corrected chi connectivity index (χ4v) is 6.04. The van der Waals surface area contributed by atoms with E-state index in [0.29, 0.717) is 18.3 Å². The third-order valence-electron chi connectivity index (χ3n) is 8.12. The van der Waals surface area contributed by atoms with Crippen LogP contribution in [0.2, 0.25) is 0 Å². The topological polar surface area (TPSA) is 57.5 Å². The number of carbonyl (C=O) groups is 1. The summed E-state index contributed by atoms with van der Waals surface area (Å²) in [7, 11) is 0. The zero-order chi connectivity index (χ0) is 17.0. The van der Waals surface area contributed by atoms with Crippen molar-refractivity contribution < 1.29 is 15.0 Å². The molecule has 0 aromatic heterocycles. The Hall–Kier alpha value is -0.670. The Morgan fingerprint density at radius 3 is 2.61 bits per heavy atom. The van der Waals surface area contributed by atoms with Crippen molar-refractivity contribution in [2.45, 2.75) is 72.3 Å². The van der Waals surface area contributed by atoms with Gasteiger partial charge in [0, 0.05) is 6.42 Å². The van der Waals surface area contributed by atoms with Crippen molar-refractivity contribution in [1.82, 2.24) is 0 Å². The van der Waals surface area contributed by atoms with Gasteiger partial charge < -0.3 is 10.2 Å². The summed E-state index contributed by atoms with van der Waals surface area (Å²) in [5.74, 6) is 1.25. The summed E-state index contributed by atoms with van der Waals surface area (Å²) in [6.07, 6.45) is 7.18. The zero-order valence-corrected chi connectivity index (χ0v) is 15.1. The minimum atomic E-state index is -0.630. The van der Waals surface area contributed by atoms with Gasteiger partial charge in [0.1, 0.15) is 0 Å². The third kappa shape index (κ3) is 2.42. The molecule has 0 amide bonds. The van der Waals surface area contributed by atoms with Crippen LogP contribution in [0, 0.1) is 28.1 Å². The van der Waals surface area contributed by atoms with Gasteiger partial charge in [-0.1, -0.05) is 26.3 Å². The Balaban J connectivity index is 1.92. The molecule has 130 valence electrons. The number of ketones is 1. The smallest absolute Gasteiger partial charge is 0.155 e. The minimum Gasteiger partial charge on any atom is -0.394 e. The Morgan fingerprint density at radius 1 is 1.26 bits per heavy atom. The standard InChI is InChI=1S/C20H32O3/c1-13-9-15(22)10-16-19(13,3)6-5-14-11-18(2,17(23)12-21)7-8-20(14,16)4/h9,14,16-17,21,23H,5-8,10-12H2,1-4H3/t14-,16+,17+,18-,19-,20-/m0/s1. The first-order valence-electron chi connectivity index (χ1n) is 9.16. The summed E-state index contributed by atoms with van der Waals surface area (Å²) in [6, 6.07) is 0. The molecule has 3 aliphatic rings. The molecule has 3 heteroatoms. The molecule has 0 saturated heterocycles. The van der Waals surface area contributed by atoms with Crippen molar-refractivity contribution in [3.05, 3.63) is 11.6 Å². The normalized spacial score (nSPS) is 48.3. The van der Waals surface area contributed by atoms with Gasteiger partial charge in [-0.25, -0.2) is 0 Å². The molecular formula is C20H32O3. The van der Waals surface area contributed by atoms with Crippen LogP contribution >= 0.6 is 0 Å². The Morgan fingerprint density at radius 2 is 1.96 bits per heavy atom. The second-order valence-electron chi connectivity index (χ2n) is 9.27. The lowest BCUT2D eigenvalue weighted by Crippen LogP contribution is -2.56. The molecular weight excluding hydrogens is 288 g/mol. The maximum absolute atomic E-state index is 12.2. The number of aliphatic hydroxyl groups is 2. The molecule has 2 saturated carbocycles. The highest BCUT2D eigenvalue weighted by molar-refractivity contribution is 5.92. The number of allylic oxidation sites excluding steroid dienone is 2. The largest absolute Gasteiger partial charge is 0.394 e. The van der Waals surface area contributed by atoms with E-state index in [1.165, 1.54) is 5.57 Å². The van der Waals surface area contributed by atoms with Gasteiger partial charge >= 0.3 is 0 Å². The van der Waals surface area contributed by atoms with Gasteiger partial charge in [0.25, 0.3) is 0 Å². The molecule has 0 heterocycles. The van der Waals surface area contributed by atoms with Crippen LogP contribution in [0.25, 0.3) is 0 Å². The summed E-state index contributed by atoms with van der Waals surface area (Å²) in [4.78, 5) is 12.2. The van der Waals surface area contributed by atoms with Gasteiger partial charge in [-0.3, -0.25) is 4.79 Å². The molecule has 0 aromatic carbocycles. The highest BCUT2D eigenvalue weighted by Gasteiger charge is 2.59. The first-order chi connectivity index (χ1) is 10.7. The number of rotatable bonds is 2. The lowest BCUT2D eigenvalue weighted by molar-refractivity contribution is -0.142. The van der Waals surface area contributed by atoms with Gasteiger partial charge in [-0.15, -0.1) is 0 Å². The Kier molecular flexibility index (Phi) is 4.04. The summed E-state index contributed by atoms with van der Waals surface area (Å²) in [5, 5.41) is 19.7. The highest BCUT2D eigenvalue weighted by atomic mass is 16.3. The number of carbonyl (C=O) groups excluding carboxylic acids is 1. The van der Waals surface area contributed by atoms with Gasteiger partial charge in [0.05, 0.1) is 12.7 Å². The van der Waals surface area contributed by atoms with Crippen LogP contribution in [0.15, 0.2) is 11.6 Å². The van der Waals surface area contributed by atoms with E-state index in [1.54, 1.807) is 0 Å². The molecule has 3 nitrogen and oxygen atoms in total. The minimum absolute atomic E-state index is 0.151. The average molecular weight is 320 g/mol. The van der Waals surface area contributed by atoms with Gasteiger partial charge in [0.2, 0.25) is 0 Å². The van der Waals surface area contributed by atoms with E-state index in [1.807, 2.05) is 6.08 Å². The van der Waals surface area contributed by atoms with Crippen molar-refractivity contribution in [1.29, 1.82) is 0 Å². The Bertz CT molecular complexity index is 539. The predicted octanol–water partition coefficient (Wildman–Crippen LogP) is 3.49. The van der Waals surface area contributed by atoms with Crippen LogP contribution in [0.4, 0.5) is 0 Å². The SMILES string of the molecule is CC1=CC(=O)C[C@H]2[C@@]3(C)CC[C@](C)([C@H](O)CO)C[C@@H]3CC[C@@]12C. The number of hydrogen-bond donors (Lipinski definition) is 2. The number of hydrogen-bond acceptors (Lipinski definition) is 3. The molecule has 0 spiro atoms. The fourth-order valence-electron chi connectivity index (χ4n) is 6.04. The van der Waals surface area contributed by atoms with Crippen molar-refractivity contribution in [3.8, 4) is 0 Å². The molecule has 0 unspecified atom stereocenters. The third-order valence-corrected chi connectivity index (χ3v) is 8.12. The van der Waals surface area contributed by atoms with E-state index >= 15 is 0 Å². The molecule has 6 atom stereocenters. The molecule has 0 radical (unpaired) electrons. The average Bonchev–Trinajstić information content (AvgIpc) is 2.50. The molecule has 2 fully saturated rings. The van der Waals surface area contributed by atoms with E-state index in [2.05, 4.69) is 27.7 Å². The molecule has 3 rings (SSSR count). The summed E-state index contributed by atoms with van der Waals surface area (Å²) in [5.41, 5.74) is 1.41. The van der Waals surface area contributed by atoms with E-state index in [4.69, 9.17) is 0 Å². The van der Waals surface area contributed by atoms with Crippen LogP contribution in [0.1, 0.15) is 66.2 Å². The molecule has 0 aliphatic heterocycles. The molecule has 23 heavy (non-hydrogen) atoms. The highest BCUT2D eigenvalue weighted by Crippen LogP contribution is 2.66. The Labute approximate surface area is 140 Å². The maximum Gasteiger partial charge on any atom is 0.155 e. The number of aliphatic hydroxyl groups excluding tert-OH is 2. The monoisotopic (exact) mass is 320 g/mol. The lowest BCUT2D eigenvalue weighted by atomic mass is 9.42. The van der Waals surface area contributed by atoms with Gasteiger partial charge in [0.15, 0.2) is 5.78 Å². The molecule has 0 aromatic rings. The van der Waals surface area contributed by atoms with Crippen LogP contribution < -0.4 is 0 Å². The molecule has 2 N–H and O–H groups in total. The maximum atomic E-state index is 12.2. The van der Waals surface area contributed by atoms with Crippen LogP contribution in [-0.4, -0.2) is 28.7 Å². The van der Waals surface area contributed by atoms with E-state index in [0.717, 1.165) is 32.1 Å². The second kappa shape index (κ2) is 5.42. The first-order valence-corrected chi connectivity index (χ1v) is 9.16. The van der Waals surface area contributed by atoms with E-state index in [-0.39, 0.29) is 28.6 Å². The number of fused-ring (bicyclic) bond motifs is 3.